The first-order valence-corrected chi connectivity index (χ1v) is 4.15. The molecule has 64 valence electrons. The SMILES string of the molecule is CC(C)C(C)C1CNC(=O)N1. The first kappa shape index (κ1) is 8.37. The van der Waals surface area contributed by atoms with E-state index in [2.05, 4.69) is 31.4 Å². The molecule has 1 saturated heterocycles. The van der Waals surface area contributed by atoms with E-state index in [4.69, 9.17) is 0 Å². The molecule has 2 atom stereocenters. The molecule has 0 radical (unpaired) electrons. The van der Waals surface area contributed by atoms with Gasteiger partial charge in [-0.25, -0.2) is 4.79 Å². The van der Waals surface area contributed by atoms with Gasteiger partial charge < -0.3 is 10.6 Å². The lowest BCUT2D eigenvalue weighted by Gasteiger charge is -2.21. The van der Waals surface area contributed by atoms with Crippen LogP contribution in [0.4, 0.5) is 4.79 Å². The maximum atomic E-state index is 10.8. The molecule has 2 amide bonds. The maximum absolute atomic E-state index is 10.8. The first-order chi connectivity index (χ1) is 5.11. The molecule has 0 bridgehead atoms. The molecule has 1 aliphatic heterocycles. The van der Waals surface area contributed by atoms with E-state index in [1.54, 1.807) is 0 Å². The third kappa shape index (κ3) is 1.85. The smallest absolute Gasteiger partial charge is 0.315 e. The van der Waals surface area contributed by atoms with Gasteiger partial charge in [0.15, 0.2) is 0 Å². The third-order valence-corrected chi connectivity index (χ3v) is 2.49. The molecule has 1 fully saturated rings. The number of urea groups is 1. The Hall–Kier alpha value is -0.730. The Labute approximate surface area is 67.5 Å². The highest BCUT2D eigenvalue weighted by molar-refractivity contribution is 5.76. The quantitative estimate of drug-likeness (QED) is 0.614. The van der Waals surface area contributed by atoms with E-state index < -0.39 is 0 Å². The number of carbonyl (C=O) groups is 1. The first-order valence-electron chi connectivity index (χ1n) is 4.15. The zero-order valence-corrected chi connectivity index (χ0v) is 7.35. The highest BCUT2D eigenvalue weighted by Gasteiger charge is 2.26. The highest BCUT2D eigenvalue weighted by Crippen LogP contribution is 2.15. The Balaban J connectivity index is 2.43. The van der Waals surface area contributed by atoms with Gasteiger partial charge in [-0.15, -0.1) is 0 Å². The summed E-state index contributed by atoms with van der Waals surface area (Å²) < 4.78 is 0. The molecule has 0 aromatic carbocycles. The summed E-state index contributed by atoms with van der Waals surface area (Å²) in [6.07, 6.45) is 0. The van der Waals surface area contributed by atoms with Gasteiger partial charge in [-0.1, -0.05) is 20.8 Å². The van der Waals surface area contributed by atoms with Crippen molar-refractivity contribution in [1.82, 2.24) is 10.6 Å². The van der Waals surface area contributed by atoms with Crippen LogP contribution in [0.2, 0.25) is 0 Å². The van der Waals surface area contributed by atoms with Gasteiger partial charge in [0.25, 0.3) is 0 Å². The molecule has 1 rings (SSSR count). The Morgan fingerprint density at radius 1 is 1.45 bits per heavy atom. The largest absolute Gasteiger partial charge is 0.336 e. The number of rotatable bonds is 2. The number of hydrogen-bond donors (Lipinski definition) is 2. The summed E-state index contributed by atoms with van der Waals surface area (Å²) in [6, 6.07) is 0.296. The van der Waals surface area contributed by atoms with Crippen LogP contribution in [0, 0.1) is 11.8 Å². The van der Waals surface area contributed by atoms with Gasteiger partial charge in [-0.3, -0.25) is 0 Å². The fraction of sp³-hybridized carbons (Fsp3) is 0.875. The number of carbonyl (C=O) groups excluding carboxylic acids is 1. The molecule has 1 heterocycles. The second kappa shape index (κ2) is 3.11. The van der Waals surface area contributed by atoms with E-state index in [0.717, 1.165) is 6.54 Å². The van der Waals surface area contributed by atoms with Gasteiger partial charge in [0.05, 0.1) is 6.04 Å². The molecule has 1 aliphatic rings. The fourth-order valence-electron chi connectivity index (χ4n) is 1.26. The minimum absolute atomic E-state index is 0.0255. The van der Waals surface area contributed by atoms with Crippen LogP contribution in [-0.4, -0.2) is 18.6 Å². The second-order valence-corrected chi connectivity index (χ2v) is 3.56. The van der Waals surface area contributed by atoms with Crippen molar-refractivity contribution in [1.29, 1.82) is 0 Å². The Morgan fingerprint density at radius 2 is 2.09 bits per heavy atom. The van der Waals surface area contributed by atoms with Crippen LogP contribution in [0.1, 0.15) is 20.8 Å². The van der Waals surface area contributed by atoms with Gasteiger partial charge in [0, 0.05) is 6.54 Å². The van der Waals surface area contributed by atoms with Gasteiger partial charge >= 0.3 is 6.03 Å². The van der Waals surface area contributed by atoms with Gasteiger partial charge in [-0.2, -0.15) is 0 Å². The average molecular weight is 156 g/mol. The minimum Gasteiger partial charge on any atom is -0.336 e. The van der Waals surface area contributed by atoms with Crippen LogP contribution in [0.5, 0.6) is 0 Å². The van der Waals surface area contributed by atoms with E-state index >= 15 is 0 Å². The van der Waals surface area contributed by atoms with Crippen molar-refractivity contribution in [3.05, 3.63) is 0 Å². The van der Waals surface area contributed by atoms with Crippen LogP contribution < -0.4 is 10.6 Å². The number of nitrogens with one attached hydrogen (secondary N) is 2. The van der Waals surface area contributed by atoms with E-state index in [1.165, 1.54) is 0 Å². The van der Waals surface area contributed by atoms with E-state index in [9.17, 15) is 4.79 Å². The molecule has 0 saturated carbocycles. The van der Waals surface area contributed by atoms with Crippen LogP contribution >= 0.6 is 0 Å². The lowest BCUT2D eigenvalue weighted by Crippen LogP contribution is -2.35. The van der Waals surface area contributed by atoms with Gasteiger partial charge in [0.1, 0.15) is 0 Å². The van der Waals surface area contributed by atoms with Gasteiger partial charge in [-0.05, 0) is 11.8 Å². The third-order valence-electron chi connectivity index (χ3n) is 2.49. The molecule has 11 heavy (non-hydrogen) atoms. The summed E-state index contributed by atoms with van der Waals surface area (Å²) in [6.45, 7) is 7.30. The zero-order valence-electron chi connectivity index (χ0n) is 7.35. The van der Waals surface area contributed by atoms with Crippen LogP contribution in [0.25, 0.3) is 0 Å². The number of amides is 2. The van der Waals surface area contributed by atoms with Crippen LogP contribution in [-0.2, 0) is 0 Å². The molecular formula is C8H16N2O. The molecule has 3 heteroatoms. The Kier molecular flexibility index (Phi) is 2.37. The zero-order chi connectivity index (χ0) is 8.43. The van der Waals surface area contributed by atoms with Crippen molar-refractivity contribution in [3.63, 3.8) is 0 Å². The summed E-state index contributed by atoms with van der Waals surface area (Å²) in [4.78, 5) is 10.8. The summed E-state index contributed by atoms with van der Waals surface area (Å²) >= 11 is 0. The normalized spacial score (nSPS) is 26.5. The summed E-state index contributed by atoms with van der Waals surface area (Å²) in [5.74, 6) is 1.18. The Bertz CT molecular complexity index is 156. The van der Waals surface area contributed by atoms with Crippen LogP contribution in [0.15, 0.2) is 0 Å². The molecular weight excluding hydrogens is 140 g/mol. The Morgan fingerprint density at radius 3 is 2.45 bits per heavy atom. The number of hydrogen-bond acceptors (Lipinski definition) is 1. The molecule has 2 N–H and O–H groups in total. The van der Waals surface area contributed by atoms with E-state index in [0.29, 0.717) is 17.9 Å². The average Bonchev–Trinajstić information content (AvgIpc) is 2.34. The highest BCUT2D eigenvalue weighted by atomic mass is 16.2. The topological polar surface area (TPSA) is 41.1 Å². The second-order valence-electron chi connectivity index (χ2n) is 3.56. The summed E-state index contributed by atoms with van der Waals surface area (Å²) in [7, 11) is 0. The molecule has 0 aromatic heterocycles. The molecule has 0 aliphatic carbocycles. The monoisotopic (exact) mass is 156 g/mol. The molecule has 2 unspecified atom stereocenters. The van der Waals surface area contributed by atoms with E-state index in [1.807, 2.05) is 0 Å². The van der Waals surface area contributed by atoms with E-state index in [-0.39, 0.29) is 6.03 Å². The van der Waals surface area contributed by atoms with Crippen molar-refractivity contribution in [2.45, 2.75) is 26.8 Å². The van der Waals surface area contributed by atoms with Crippen molar-refractivity contribution < 1.29 is 4.79 Å². The van der Waals surface area contributed by atoms with Crippen molar-refractivity contribution in [3.8, 4) is 0 Å². The molecule has 0 aromatic rings. The lowest BCUT2D eigenvalue weighted by molar-refractivity contribution is 0.244. The summed E-state index contributed by atoms with van der Waals surface area (Å²) in [5, 5.41) is 5.64. The van der Waals surface area contributed by atoms with Crippen LogP contribution in [0.3, 0.4) is 0 Å². The van der Waals surface area contributed by atoms with Crippen molar-refractivity contribution in [2.24, 2.45) is 11.8 Å². The standard InChI is InChI=1S/C8H16N2O/c1-5(2)6(3)7-4-9-8(11)10-7/h5-7H,4H2,1-3H3,(H2,9,10,11). The predicted molar refractivity (Wildman–Crippen MR) is 44.3 cm³/mol. The molecule has 0 spiro atoms. The van der Waals surface area contributed by atoms with Crippen molar-refractivity contribution >= 4 is 6.03 Å². The summed E-state index contributed by atoms with van der Waals surface area (Å²) in [5.41, 5.74) is 0. The van der Waals surface area contributed by atoms with Gasteiger partial charge in [0.2, 0.25) is 0 Å². The fourth-order valence-corrected chi connectivity index (χ4v) is 1.26. The lowest BCUT2D eigenvalue weighted by atomic mass is 9.91. The molecule has 3 nitrogen and oxygen atoms in total. The maximum Gasteiger partial charge on any atom is 0.315 e. The van der Waals surface area contributed by atoms with Crippen molar-refractivity contribution in [2.75, 3.05) is 6.54 Å². The minimum atomic E-state index is -0.0255. The predicted octanol–water partition coefficient (Wildman–Crippen LogP) is 0.960.